The number of hydrogen-bond acceptors (Lipinski definition) is 3. The lowest BCUT2D eigenvalue weighted by atomic mass is 9.97. The first kappa shape index (κ1) is 18.2. The Kier molecular flexibility index (Phi) is 5.65. The van der Waals surface area contributed by atoms with Gasteiger partial charge in [-0.3, -0.25) is 4.79 Å². The quantitative estimate of drug-likeness (QED) is 0.894. The van der Waals surface area contributed by atoms with Crippen LogP contribution >= 0.6 is 11.6 Å². The molecule has 2 rings (SSSR count). The second-order valence-corrected chi connectivity index (χ2v) is 8.26. The second-order valence-electron chi connectivity index (χ2n) is 5.92. The Morgan fingerprint density at radius 2 is 1.96 bits per heavy atom. The topological polar surface area (TPSA) is 66.5 Å². The highest BCUT2D eigenvalue weighted by molar-refractivity contribution is 7.89. The largest absolute Gasteiger partial charge is 0.354 e. The molecule has 0 unspecified atom stereocenters. The van der Waals surface area contributed by atoms with Crippen LogP contribution in [0.1, 0.15) is 26.7 Å². The second kappa shape index (κ2) is 7.15. The van der Waals surface area contributed by atoms with E-state index >= 15 is 0 Å². The van der Waals surface area contributed by atoms with E-state index in [9.17, 15) is 17.6 Å². The van der Waals surface area contributed by atoms with Crippen LogP contribution in [0.15, 0.2) is 23.1 Å². The third-order valence-corrected chi connectivity index (χ3v) is 5.97. The van der Waals surface area contributed by atoms with Gasteiger partial charge >= 0.3 is 0 Å². The summed E-state index contributed by atoms with van der Waals surface area (Å²) in [5, 5.41) is 2.62. The predicted molar refractivity (Wildman–Crippen MR) is 86.2 cm³/mol. The number of nitrogens with one attached hydrogen (secondary N) is 1. The molecule has 0 saturated carbocycles. The standard InChI is InChI=1S/C15H20ClFN2O3S/c1-10(2)18-15(20)11-5-7-19(8-6-11)23(21,22)12-3-4-14(17)13(16)9-12/h3-4,9-11H,5-8H2,1-2H3,(H,18,20). The summed E-state index contributed by atoms with van der Waals surface area (Å²) >= 11 is 5.66. The minimum absolute atomic E-state index is 0.0334. The first-order valence-corrected chi connectivity index (χ1v) is 9.29. The molecule has 8 heteroatoms. The Bertz CT molecular complexity index is 686. The Labute approximate surface area is 140 Å². The number of rotatable bonds is 4. The maximum Gasteiger partial charge on any atom is 0.243 e. The summed E-state index contributed by atoms with van der Waals surface area (Å²) in [7, 11) is -3.72. The molecule has 0 atom stereocenters. The minimum atomic E-state index is -3.72. The fourth-order valence-electron chi connectivity index (χ4n) is 2.55. The molecule has 1 aromatic rings. The average Bonchev–Trinajstić information content (AvgIpc) is 2.49. The zero-order valence-electron chi connectivity index (χ0n) is 13.1. The van der Waals surface area contributed by atoms with E-state index < -0.39 is 15.8 Å². The van der Waals surface area contributed by atoms with Gasteiger partial charge in [-0.25, -0.2) is 12.8 Å². The van der Waals surface area contributed by atoms with Crippen molar-refractivity contribution in [3.05, 3.63) is 29.0 Å². The molecule has 5 nitrogen and oxygen atoms in total. The SMILES string of the molecule is CC(C)NC(=O)C1CCN(S(=O)(=O)c2ccc(F)c(Cl)c2)CC1. The van der Waals surface area contributed by atoms with Gasteiger partial charge in [-0.2, -0.15) is 4.31 Å². The van der Waals surface area contributed by atoms with Crippen molar-refractivity contribution in [3.63, 3.8) is 0 Å². The van der Waals surface area contributed by atoms with Crippen LogP contribution in [0.25, 0.3) is 0 Å². The van der Waals surface area contributed by atoms with Gasteiger partial charge in [-0.05, 0) is 44.9 Å². The Balaban J connectivity index is 2.06. The molecule has 0 bridgehead atoms. The summed E-state index contributed by atoms with van der Waals surface area (Å²) in [6.45, 7) is 4.28. The molecule has 23 heavy (non-hydrogen) atoms. The van der Waals surface area contributed by atoms with Crippen LogP contribution in [0, 0.1) is 11.7 Å². The number of carbonyl (C=O) groups excluding carboxylic acids is 1. The van der Waals surface area contributed by atoms with Crippen LogP contribution in [0.3, 0.4) is 0 Å². The van der Waals surface area contributed by atoms with E-state index in [1.54, 1.807) is 0 Å². The highest BCUT2D eigenvalue weighted by Gasteiger charge is 2.32. The monoisotopic (exact) mass is 362 g/mol. The van der Waals surface area contributed by atoms with Crippen molar-refractivity contribution in [3.8, 4) is 0 Å². The predicted octanol–water partition coefficient (Wildman–Crippen LogP) is 2.40. The summed E-state index contributed by atoms with van der Waals surface area (Å²) in [5.41, 5.74) is 0. The maximum absolute atomic E-state index is 13.2. The molecule has 1 aliphatic heterocycles. The Hall–Kier alpha value is -1.18. The number of amides is 1. The molecule has 1 fully saturated rings. The zero-order valence-corrected chi connectivity index (χ0v) is 14.6. The van der Waals surface area contributed by atoms with Crippen LogP contribution in [-0.4, -0.2) is 37.8 Å². The highest BCUT2D eigenvalue weighted by Crippen LogP contribution is 2.26. The molecule has 1 aliphatic rings. The number of hydrogen-bond donors (Lipinski definition) is 1. The summed E-state index contributed by atoms with van der Waals surface area (Å²) in [5.74, 6) is -0.878. The van der Waals surface area contributed by atoms with Gasteiger partial charge in [0.25, 0.3) is 0 Å². The van der Waals surface area contributed by atoms with Crippen LogP contribution in [0.4, 0.5) is 4.39 Å². The summed E-state index contributed by atoms with van der Waals surface area (Å²) < 4.78 is 39.6. The van der Waals surface area contributed by atoms with Crippen molar-refractivity contribution in [2.45, 2.75) is 37.6 Å². The van der Waals surface area contributed by atoms with E-state index in [4.69, 9.17) is 11.6 Å². The van der Waals surface area contributed by atoms with E-state index in [1.165, 1.54) is 10.4 Å². The molecule has 1 amide bonds. The first-order chi connectivity index (χ1) is 10.7. The average molecular weight is 363 g/mol. The molecular weight excluding hydrogens is 343 g/mol. The summed E-state index contributed by atoms with van der Waals surface area (Å²) in [6, 6.07) is 3.42. The van der Waals surface area contributed by atoms with Gasteiger partial charge in [-0.15, -0.1) is 0 Å². The smallest absolute Gasteiger partial charge is 0.243 e. The lowest BCUT2D eigenvalue weighted by molar-refractivity contribution is -0.126. The van der Waals surface area contributed by atoms with Crippen LogP contribution in [-0.2, 0) is 14.8 Å². The van der Waals surface area contributed by atoms with Crippen molar-refractivity contribution < 1.29 is 17.6 Å². The molecule has 1 aromatic carbocycles. The molecule has 1 N–H and O–H groups in total. The number of halogens is 2. The lowest BCUT2D eigenvalue weighted by Crippen LogP contribution is -2.44. The van der Waals surface area contributed by atoms with Crippen LogP contribution in [0.5, 0.6) is 0 Å². The van der Waals surface area contributed by atoms with Gasteiger partial charge in [-0.1, -0.05) is 11.6 Å². The summed E-state index contributed by atoms with van der Waals surface area (Å²) in [4.78, 5) is 11.9. The Morgan fingerprint density at radius 1 is 1.35 bits per heavy atom. The molecule has 1 heterocycles. The maximum atomic E-state index is 13.2. The number of piperidine rings is 1. The number of benzene rings is 1. The van der Waals surface area contributed by atoms with Gasteiger partial charge < -0.3 is 5.32 Å². The van der Waals surface area contributed by atoms with Gasteiger partial charge in [0.2, 0.25) is 15.9 Å². The van der Waals surface area contributed by atoms with E-state index in [1.807, 2.05) is 13.8 Å². The van der Waals surface area contributed by atoms with Crippen molar-refractivity contribution in [1.82, 2.24) is 9.62 Å². The van der Waals surface area contributed by atoms with E-state index in [0.717, 1.165) is 12.1 Å². The number of carbonyl (C=O) groups is 1. The molecular formula is C15H20ClFN2O3S. The first-order valence-electron chi connectivity index (χ1n) is 7.47. The third kappa shape index (κ3) is 4.22. The molecule has 0 spiro atoms. The molecule has 0 aliphatic carbocycles. The zero-order chi connectivity index (χ0) is 17.2. The van der Waals surface area contributed by atoms with Crippen LogP contribution < -0.4 is 5.32 Å². The number of nitrogens with zero attached hydrogens (tertiary/aromatic N) is 1. The summed E-state index contributed by atoms with van der Waals surface area (Å²) in [6.07, 6.45) is 0.930. The van der Waals surface area contributed by atoms with Gasteiger partial charge in [0.1, 0.15) is 5.82 Å². The van der Waals surface area contributed by atoms with Crippen molar-refractivity contribution in [1.29, 1.82) is 0 Å². The van der Waals surface area contributed by atoms with E-state index in [-0.39, 0.29) is 40.9 Å². The lowest BCUT2D eigenvalue weighted by Gasteiger charge is -2.31. The Morgan fingerprint density at radius 3 is 2.48 bits per heavy atom. The van der Waals surface area contributed by atoms with Crippen molar-refractivity contribution in [2.75, 3.05) is 13.1 Å². The molecule has 0 radical (unpaired) electrons. The van der Waals surface area contributed by atoms with E-state index in [2.05, 4.69) is 5.32 Å². The minimum Gasteiger partial charge on any atom is -0.354 e. The van der Waals surface area contributed by atoms with Crippen LogP contribution in [0.2, 0.25) is 5.02 Å². The van der Waals surface area contributed by atoms with Gasteiger partial charge in [0, 0.05) is 25.0 Å². The fourth-order valence-corrected chi connectivity index (χ4v) is 4.29. The normalized spacial score (nSPS) is 17.4. The van der Waals surface area contributed by atoms with Gasteiger partial charge in [0.05, 0.1) is 9.92 Å². The third-order valence-electron chi connectivity index (χ3n) is 3.78. The fraction of sp³-hybridized carbons (Fsp3) is 0.533. The van der Waals surface area contributed by atoms with Crippen molar-refractivity contribution >= 4 is 27.5 Å². The van der Waals surface area contributed by atoms with Gasteiger partial charge in [0.15, 0.2) is 0 Å². The highest BCUT2D eigenvalue weighted by atomic mass is 35.5. The van der Waals surface area contributed by atoms with Crippen molar-refractivity contribution in [2.24, 2.45) is 5.92 Å². The molecule has 0 aromatic heterocycles. The molecule has 1 saturated heterocycles. The number of sulfonamides is 1. The molecule has 128 valence electrons. The van der Waals surface area contributed by atoms with E-state index in [0.29, 0.717) is 12.8 Å².